The van der Waals surface area contributed by atoms with Crippen molar-refractivity contribution in [1.82, 2.24) is 9.78 Å². The number of benzene rings is 1. The third-order valence-corrected chi connectivity index (χ3v) is 3.27. The van der Waals surface area contributed by atoms with E-state index in [0.717, 1.165) is 5.56 Å². The molecule has 0 saturated carbocycles. The topological polar surface area (TPSA) is 50.5 Å². The average molecular weight is 311 g/mol. The molecule has 0 amide bonds. The largest absolute Gasteiger partial charge is 0.287 e. The van der Waals surface area contributed by atoms with E-state index < -0.39 is 0 Å². The molecule has 0 unspecified atom stereocenters. The fraction of sp³-hybridized carbons (Fsp3) is 0.154. The van der Waals surface area contributed by atoms with Gasteiger partial charge in [-0.25, -0.2) is 4.68 Å². The third kappa shape index (κ3) is 3.18. The lowest BCUT2D eigenvalue weighted by atomic mass is 10.2. The summed E-state index contributed by atoms with van der Waals surface area (Å²) in [4.78, 5) is 11.7. The predicted molar refractivity (Wildman–Crippen MR) is 81.9 cm³/mol. The van der Waals surface area contributed by atoms with E-state index in [1.807, 2.05) is 12.1 Å². The van der Waals surface area contributed by atoms with E-state index in [4.69, 9.17) is 23.2 Å². The number of hydrogen-bond donors (Lipinski definition) is 0. The maximum absolute atomic E-state index is 11.7. The summed E-state index contributed by atoms with van der Waals surface area (Å²) in [6.07, 6.45) is 3.13. The Kier molecular flexibility index (Phi) is 4.42. The molecule has 0 fully saturated rings. The molecule has 1 aromatic heterocycles. The molecule has 1 aromatic carbocycles. The molecule has 1 heterocycles. The molecule has 0 atom stereocenters. The van der Waals surface area contributed by atoms with E-state index in [-0.39, 0.29) is 10.6 Å². The van der Waals surface area contributed by atoms with Crippen molar-refractivity contribution in [2.75, 3.05) is 12.1 Å². The van der Waals surface area contributed by atoms with Gasteiger partial charge in [-0.15, -0.1) is 0 Å². The van der Waals surface area contributed by atoms with Crippen LogP contribution < -0.4 is 10.6 Å². The quantitative estimate of drug-likeness (QED) is 0.646. The summed E-state index contributed by atoms with van der Waals surface area (Å²) in [6.45, 7) is 0. The van der Waals surface area contributed by atoms with Crippen LogP contribution in [0.25, 0.3) is 0 Å². The van der Waals surface area contributed by atoms with Crippen molar-refractivity contribution in [1.29, 1.82) is 0 Å². The third-order valence-electron chi connectivity index (χ3n) is 2.66. The Labute approximate surface area is 126 Å². The molecular formula is C13H12Cl2N4O. The molecule has 0 aliphatic carbocycles. The summed E-state index contributed by atoms with van der Waals surface area (Å²) in [5, 5.41) is 10.4. The smallest absolute Gasteiger partial charge is 0.266 e. The lowest BCUT2D eigenvalue weighted by Gasteiger charge is -2.13. The minimum atomic E-state index is -0.363. The minimum Gasteiger partial charge on any atom is -0.266 e. The first kappa shape index (κ1) is 14.6. The molecule has 0 radical (unpaired) electrons. The average Bonchev–Trinajstić information content (AvgIpc) is 2.44. The Morgan fingerprint density at radius 2 is 1.95 bits per heavy atom. The van der Waals surface area contributed by atoms with Crippen molar-refractivity contribution in [2.24, 2.45) is 12.1 Å². The maximum atomic E-state index is 11.7. The molecule has 0 spiro atoms. The molecule has 0 N–H and O–H groups in total. The highest BCUT2D eigenvalue weighted by Crippen LogP contribution is 2.19. The highest BCUT2D eigenvalue weighted by molar-refractivity contribution is 6.33. The van der Waals surface area contributed by atoms with Gasteiger partial charge in [0.25, 0.3) is 5.56 Å². The number of anilines is 1. The number of rotatable bonds is 3. The first-order valence-electron chi connectivity index (χ1n) is 5.74. The Morgan fingerprint density at radius 3 is 2.60 bits per heavy atom. The second-order valence-corrected chi connectivity index (χ2v) is 4.91. The summed E-state index contributed by atoms with van der Waals surface area (Å²) in [5.41, 5.74) is 0.965. The lowest BCUT2D eigenvalue weighted by molar-refractivity contribution is 0.705. The van der Waals surface area contributed by atoms with E-state index in [9.17, 15) is 4.79 Å². The zero-order chi connectivity index (χ0) is 14.7. The number of aryl methyl sites for hydroxylation is 1. The molecule has 2 rings (SSSR count). The molecule has 0 saturated heterocycles. The fourth-order valence-electron chi connectivity index (χ4n) is 1.49. The monoisotopic (exact) mass is 310 g/mol. The zero-order valence-corrected chi connectivity index (χ0v) is 12.4. The summed E-state index contributed by atoms with van der Waals surface area (Å²) in [7, 11) is 3.23. The Bertz CT molecular complexity index is 695. The summed E-state index contributed by atoms with van der Waals surface area (Å²) >= 11 is 11.8. The standard InChI is InChI=1S/C13H12Cl2N4O/c1-18(11-8-17-19(2)13(20)12(11)15)16-7-9-3-5-10(14)6-4-9/h3-8H,1-2H3. The van der Waals surface area contributed by atoms with E-state index >= 15 is 0 Å². The van der Waals surface area contributed by atoms with Crippen LogP contribution in [-0.2, 0) is 7.05 Å². The van der Waals surface area contributed by atoms with Gasteiger partial charge in [0.1, 0.15) is 10.7 Å². The van der Waals surface area contributed by atoms with Gasteiger partial charge in [-0.3, -0.25) is 9.80 Å². The molecule has 20 heavy (non-hydrogen) atoms. The van der Waals surface area contributed by atoms with E-state index in [0.29, 0.717) is 10.7 Å². The number of hydrazone groups is 1. The first-order valence-corrected chi connectivity index (χ1v) is 6.49. The molecule has 5 nitrogen and oxygen atoms in total. The Balaban J connectivity index is 2.24. The van der Waals surface area contributed by atoms with Gasteiger partial charge >= 0.3 is 0 Å². The van der Waals surface area contributed by atoms with Crippen LogP contribution in [0.3, 0.4) is 0 Å². The molecule has 0 bridgehead atoms. The first-order chi connectivity index (χ1) is 9.49. The van der Waals surface area contributed by atoms with Gasteiger partial charge in [0.05, 0.1) is 12.4 Å². The van der Waals surface area contributed by atoms with Gasteiger partial charge in [0.15, 0.2) is 0 Å². The van der Waals surface area contributed by atoms with Crippen LogP contribution in [-0.4, -0.2) is 23.0 Å². The molecule has 7 heteroatoms. The predicted octanol–water partition coefficient (Wildman–Crippen LogP) is 2.56. The van der Waals surface area contributed by atoms with Crippen molar-refractivity contribution >= 4 is 35.1 Å². The van der Waals surface area contributed by atoms with E-state index in [1.54, 1.807) is 25.4 Å². The van der Waals surface area contributed by atoms with Crippen LogP contribution in [0.2, 0.25) is 10.0 Å². The maximum Gasteiger partial charge on any atom is 0.287 e. The molecular weight excluding hydrogens is 299 g/mol. The highest BCUT2D eigenvalue weighted by Gasteiger charge is 2.10. The van der Waals surface area contributed by atoms with Gasteiger partial charge < -0.3 is 0 Å². The van der Waals surface area contributed by atoms with Crippen molar-refractivity contribution in [3.8, 4) is 0 Å². The summed E-state index contributed by atoms with van der Waals surface area (Å²) in [6, 6.07) is 7.22. The minimum absolute atomic E-state index is 0.0817. The van der Waals surface area contributed by atoms with Crippen LogP contribution in [0.5, 0.6) is 0 Å². The van der Waals surface area contributed by atoms with Gasteiger partial charge in [-0.05, 0) is 17.7 Å². The van der Waals surface area contributed by atoms with Crippen molar-refractivity contribution in [3.05, 3.63) is 56.4 Å². The normalized spacial score (nSPS) is 11.0. The molecule has 0 aliphatic rings. The van der Waals surface area contributed by atoms with Crippen LogP contribution in [0.1, 0.15) is 5.56 Å². The van der Waals surface area contributed by atoms with Gasteiger partial charge in [0, 0.05) is 19.1 Å². The molecule has 0 aliphatic heterocycles. The number of hydrogen-bond acceptors (Lipinski definition) is 4. The van der Waals surface area contributed by atoms with Gasteiger partial charge in [-0.1, -0.05) is 35.3 Å². The molecule has 2 aromatic rings. The van der Waals surface area contributed by atoms with Crippen molar-refractivity contribution in [2.45, 2.75) is 0 Å². The SMILES string of the molecule is CN(N=Cc1ccc(Cl)cc1)c1cnn(C)c(=O)c1Cl. The highest BCUT2D eigenvalue weighted by atomic mass is 35.5. The van der Waals surface area contributed by atoms with Gasteiger partial charge in [-0.2, -0.15) is 10.2 Å². The number of aromatic nitrogens is 2. The van der Waals surface area contributed by atoms with Crippen LogP contribution in [0.15, 0.2) is 40.4 Å². The van der Waals surface area contributed by atoms with Crippen molar-refractivity contribution in [3.63, 3.8) is 0 Å². The van der Waals surface area contributed by atoms with Crippen LogP contribution in [0.4, 0.5) is 5.69 Å². The lowest BCUT2D eigenvalue weighted by Crippen LogP contribution is -2.23. The van der Waals surface area contributed by atoms with Crippen LogP contribution >= 0.6 is 23.2 Å². The van der Waals surface area contributed by atoms with Crippen molar-refractivity contribution < 1.29 is 0 Å². The Morgan fingerprint density at radius 1 is 1.30 bits per heavy atom. The van der Waals surface area contributed by atoms with Gasteiger partial charge in [0.2, 0.25) is 0 Å². The number of nitrogens with zero attached hydrogens (tertiary/aromatic N) is 4. The van der Waals surface area contributed by atoms with Crippen LogP contribution in [0, 0.1) is 0 Å². The fourth-order valence-corrected chi connectivity index (χ4v) is 1.91. The van der Waals surface area contributed by atoms with E-state index in [1.165, 1.54) is 22.9 Å². The van der Waals surface area contributed by atoms with E-state index in [2.05, 4.69) is 10.2 Å². The summed E-state index contributed by atoms with van der Waals surface area (Å²) in [5.74, 6) is 0. The second-order valence-electron chi connectivity index (χ2n) is 4.09. The summed E-state index contributed by atoms with van der Waals surface area (Å²) < 4.78 is 1.17. The zero-order valence-electron chi connectivity index (χ0n) is 10.9. The Hall–Kier alpha value is -1.85. The second kappa shape index (κ2) is 6.07. The molecule has 104 valence electrons. The number of halogens is 2.